The lowest BCUT2D eigenvalue weighted by atomic mass is 10.0. The molecule has 3 aromatic rings. The quantitative estimate of drug-likeness (QED) is 0.713. The Morgan fingerprint density at radius 3 is 2.56 bits per heavy atom. The minimum absolute atomic E-state index is 0.150. The summed E-state index contributed by atoms with van der Waals surface area (Å²) in [5, 5.41) is 4.38. The van der Waals surface area contributed by atoms with Crippen LogP contribution in [0.1, 0.15) is 11.3 Å². The van der Waals surface area contributed by atoms with Crippen molar-refractivity contribution in [2.45, 2.75) is 13.3 Å². The van der Waals surface area contributed by atoms with Gasteiger partial charge in [0.2, 0.25) is 0 Å². The lowest BCUT2D eigenvalue weighted by Gasteiger charge is -2.18. The van der Waals surface area contributed by atoms with Crippen LogP contribution in [0.25, 0.3) is 10.9 Å². The minimum atomic E-state index is -0.303. The van der Waals surface area contributed by atoms with Crippen LogP contribution >= 0.6 is 0 Å². The van der Waals surface area contributed by atoms with E-state index in [4.69, 9.17) is 9.47 Å². The Bertz CT molecular complexity index is 922. The molecule has 2 aromatic carbocycles. The maximum absolute atomic E-state index is 11.9. The highest BCUT2D eigenvalue weighted by Gasteiger charge is 2.17. The second-order valence-corrected chi connectivity index (χ2v) is 5.65. The monoisotopic (exact) mass is 336 g/mol. The van der Waals surface area contributed by atoms with Crippen molar-refractivity contribution in [1.82, 2.24) is 4.98 Å². The summed E-state index contributed by atoms with van der Waals surface area (Å²) in [4.78, 5) is 16.5. The summed E-state index contributed by atoms with van der Waals surface area (Å²) in [5.41, 5.74) is 4.15. The summed E-state index contributed by atoms with van der Waals surface area (Å²) in [6.07, 6.45) is 0.150. The van der Waals surface area contributed by atoms with Gasteiger partial charge in [-0.2, -0.15) is 0 Å². The second-order valence-electron chi connectivity index (χ2n) is 5.65. The van der Waals surface area contributed by atoms with Crippen LogP contribution in [-0.2, 0) is 16.0 Å². The van der Waals surface area contributed by atoms with Gasteiger partial charge in [0.25, 0.3) is 0 Å². The van der Waals surface area contributed by atoms with Gasteiger partial charge in [-0.1, -0.05) is 30.3 Å². The molecule has 5 heteroatoms. The lowest BCUT2D eigenvalue weighted by Crippen LogP contribution is -2.10. The van der Waals surface area contributed by atoms with Crippen LogP contribution in [0.3, 0.4) is 0 Å². The van der Waals surface area contributed by atoms with Crippen molar-refractivity contribution in [1.29, 1.82) is 0 Å². The van der Waals surface area contributed by atoms with Crippen LogP contribution < -0.4 is 10.1 Å². The van der Waals surface area contributed by atoms with Crippen LogP contribution in [0.2, 0.25) is 0 Å². The third kappa shape index (κ3) is 3.40. The topological polar surface area (TPSA) is 60.5 Å². The average molecular weight is 336 g/mol. The van der Waals surface area contributed by atoms with Crippen molar-refractivity contribution in [3.8, 4) is 5.75 Å². The molecule has 0 radical (unpaired) electrons. The van der Waals surface area contributed by atoms with Crippen LogP contribution in [-0.4, -0.2) is 25.2 Å². The maximum Gasteiger partial charge on any atom is 0.310 e. The number of carbonyl (C=O) groups excluding carboxylic acids is 1. The molecule has 0 fully saturated rings. The van der Waals surface area contributed by atoms with Crippen molar-refractivity contribution in [3.63, 3.8) is 0 Å². The zero-order valence-electron chi connectivity index (χ0n) is 14.5. The molecular weight excluding hydrogens is 316 g/mol. The van der Waals surface area contributed by atoms with Crippen molar-refractivity contribution in [2.24, 2.45) is 0 Å². The zero-order chi connectivity index (χ0) is 17.8. The molecule has 0 aliphatic rings. The van der Waals surface area contributed by atoms with E-state index in [0.717, 1.165) is 39.3 Å². The molecule has 0 bridgehead atoms. The van der Waals surface area contributed by atoms with Crippen LogP contribution in [0.4, 0.5) is 11.4 Å². The standard InChI is InChI=1S/C20H20N2O3/c1-13-15(12-19(23)25-3)20(14-8-4-5-9-16(14)21-13)22-17-10-6-7-11-18(17)24-2/h4-11H,12H2,1-3H3,(H,21,22). The zero-order valence-corrected chi connectivity index (χ0v) is 14.5. The minimum Gasteiger partial charge on any atom is -0.495 e. The predicted molar refractivity (Wildman–Crippen MR) is 98.5 cm³/mol. The van der Waals surface area contributed by atoms with E-state index in [1.54, 1.807) is 7.11 Å². The van der Waals surface area contributed by atoms with E-state index in [2.05, 4.69) is 10.3 Å². The number of anilines is 2. The molecule has 1 heterocycles. The van der Waals surface area contributed by atoms with Gasteiger partial charge in [0, 0.05) is 16.6 Å². The first kappa shape index (κ1) is 16.8. The van der Waals surface area contributed by atoms with E-state index in [1.807, 2.05) is 55.5 Å². The second kappa shape index (κ2) is 7.21. The molecule has 0 spiro atoms. The SMILES string of the molecule is COC(=O)Cc1c(C)nc2ccccc2c1Nc1ccccc1OC. The van der Waals surface area contributed by atoms with Gasteiger partial charge in [-0.05, 0) is 25.1 Å². The number of methoxy groups -OCH3 is 2. The number of aromatic nitrogens is 1. The third-order valence-electron chi connectivity index (χ3n) is 4.12. The molecule has 0 saturated carbocycles. The number of para-hydroxylation sites is 3. The predicted octanol–water partition coefficient (Wildman–Crippen LogP) is 4.01. The van der Waals surface area contributed by atoms with Crippen molar-refractivity contribution >= 4 is 28.2 Å². The molecule has 1 N–H and O–H groups in total. The van der Waals surface area contributed by atoms with Gasteiger partial charge in [0.15, 0.2) is 0 Å². The normalized spacial score (nSPS) is 10.5. The number of aryl methyl sites for hydroxylation is 1. The number of esters is 1. The number of nitrogens with zero attached hydrogens (tertiary/aromatic N) is 1. The van der Waals surface area contributed by atoms with Crippen molar-refractivity contribution in [3.05, 3.63) is 59.8 Å². The number of ether oxygens (including phenoxy) is 2. The van der Waals surface area contributed by atoms with Crippen LogP contribution in [0, 0.1) is 6.92 Å². The van der Waals surface area contributed by atoms with E-state index >= 15 is 0 Å². The summed E-state index contributed by atoms with van der Waals surface area (Å²) in [6, 6.07) is 15.5. The Hall–Kier alpha value is -3.08. The summed E-state index contributed by atoms with van der Waals surface area (Å²) < 4.78 is 10.3. The number of hydrogen-bond acceptors (Lipinski definition) is 5. The highest BCUT2D eigenvalue weighted by atomic mass is 16.5. The summed E-state index contributed by atoms with van der Waals surface area (Å²) in [5.74, 6) is 0.424. The number of nitrogens with one attached hydrogen (secondary N) is 1. The number of carbonyl (C=O) groups is 1. The number of benzene rings is 2. The number of fused-ring (bicyclic) bond motifs is 1. The van der Waals surface area contributed by atoms with E-state index in [-0.39, 0.29) is 12.4 Å². The molecule has 0 unspecified atom stereocenters. The third-order valence-corrected chi connectivity index (χ3v) is 4.12. The molecule has 0 aliphatic heterocycles. The fraction of sp³-hybridized carbons (Fsp3) is 0.200. The smallest absolute Gasteiger partial charge is 0.310 e. The first-order valence-corrected chi connectivity index (χ1v) is 7.99. The molecule has 25 heavy (non-hydrogen) atoms. The first-order chi connectivity index (χ1) is 12.1. The molecule has 5 nitrogen and oxygen atoms in total. The highest BCUT2D eigenvalue weighted by molar-refractivity contribution is 5.97. The van der Waals surface area contributed by atoms with E-state index in [9.17, 15) is 4.79 Å². The maximum atomic E-state index is 11.9. The lowest BCUT2D eigenvalue weighted by molar-refractivity contribution is -0.139. The van der Waals surface area contributed by atoms with E-state index < -0.39 is 0 Å². The molecule has 128 valence electrons. The van der Waals surface area contributed by atoms with Gasteiger partial charge in [0.05, 0.1) is 37.5 Å². The molecule has 1 aromatic heterocycles. The number of hydrogen-bond donors (Lipinski definition) is 1. The van der Waals surface area contributed by atoms with Crippen molar-refractivity contribution in [2.75, 3.05) is 19.5 Å². The molecule has 0 aliphatic carbocycles. The van der Waals surface area contributed by atoms with E-state index in [0.29, 0.717) is 0 Å². The molecule has 0 saturated heterocycles. The van der Waals surface area contributed by atoms with Gasteiger partial charge in [-0.15, -0.1) is 0 Å². The Morgan fingerprint density at radius 1 is 1.08 bits per heavy atom. The van der Waals surface area contributed by atoms with E-state index in [1.165, 1.54) is 7.11 Å². The Labute approximate surface area is 146 Å². The van der Waals surface area contributed by atoms with Gasteiger partial charge >= 0.3 is 5.97 Å². The Balaban J connectivity index is 2.19. The number of pyridine rings is 1. The van der Waals surface area contributed by atoms with Crippen LogP contribution in [0.15, 0.2) is 48.5 Å². The van der Waals surface area contributed by atoms with Gasteiger partial charge in [0.1, 0.15) is 5.75 Å². The van der Waals surface area contributed by atoms with Crippen molar-refractivity contribution < 1.29 is 14.3 Å². The van der Waals surface area contributed by atoms with Gasteiger partial charge in [-0.3, -0.25) is 9.78 Å². The molecular formula is C20H20N2O3. The largest absolute Gasteiger partial charge is 0.495 e. The summed E-state index contributed by atoms with van der Waals surface area (Å²) >= 11 is 0. The fourth-order valence-electron chi connectivity index (χ4n) is 2.83. The van der Waals surface area contributed by atoms with Crippen LogP contribution in [0.5, 0.6) is 5.75 Å². The average Bonchev–Trinajstić information content (AvgIpc) is 2.64. The molecule has 0 atom stereocenters. The Morgan fingerprint density at radius 2 is 1.80 bits per heavy atom. The number of rotatable bonds is 5. The summed E-state index contributed by atoms with van der Waals surface area (Å²) in [6.45, 7) is 1.90. The summed E-state index contributed by atoms with van der Waals surface area (Å²) in [7, 11) is 3.02. The Kier molecular flexibility index (Phi) is 4.84. The van der Waals surface area contributed by atoms with Gasteiger partial charge in [-0.25, -0.2) is 0 Å². The molecule has 0 amide bonds. The molecule has 3 rings (SSSR count). The van der Waals surface area contributed by atoms with Gasteiger partial charge < -0.3 is 14.8 Å². The highest BCUT2D eigenvalue weighted by Crippen LogP contribution is 2.34. The first-order valence-electron chi connectivity index (χ1n) is 7.99. The fourth-order valence-corrected chi connectivity index (χ4v) is 2.83.